The van der Waals surface area contributed by atoms with Crippen LogP contribution in [0.1, 0.15) is 5.56 Å². The number of benzene rings is 3. The number of carbonyl (C=O) groups is 2. The predicted molar refractivity (Wildman–Crippen MR) is 113 cm³/mol. The summed E-state index contributed by atoms with van der Waals surface area (Å²) in [6.45, 7) is 0. The molecule has 0 radical (unpaired) electrons. The standard InChI is InChI=1S/C21H13Cl2N3O3/c22-13-10-14(23)12-15(11-13)24-21(28)29-25-19-17-8-4-5-9-18(17)26(20(19)27)16-6-2-1-3-7-16/h1-12H,(H,24,28)/b25-19-. The summed E-state index contributed by atoms with van der Waals surface area (Å²) in [6, 6.07) is 20.9. The zero-order chi connectivity index (χ0) is 20.4. The number of hydrogen-bond acceptors (Lipinski definition) is 4. The highest BCUT2D eigenvalue weighted by molar-refractivity contribution is 6.55. The van der Waals surface area contributed by atoms with E-state index in [0.29, 0.717) is 32.7 Å². The highest BCUT2D eigenvalue weighted by Gasteiger charge is 2.35. The zero-order valence-corrected chi connectivity index (χ0v) is 16.3. The van der Waals surface area contributed by atoms with Crippen LogP contribution in [0, 0.1) is 0 Å². The van der Waals surface area contributed by atoms with Crippen LogP contribution in [0.25, 0.3) is 0 Å². The Morgan fingerprint density at radius 2 is 1.59 bits per heavy atom. The maximum atomic E-state index is 13.0. The van der Waals surface area contributed by atoms with Crippen molar-refractivity contribution in [2.45, 2.75) is 0 Å². The molecule has 8 heteroatoms. The van der Waals surface area contributed by atoms with E-state index in [4.69, 9.17) is 28.0 Å². The molecule has 0 fully saturated rings. The Bertz CT molecular complexity index is 1110. The molecule has 0 spiro atoms. The Balaban J connectivity index is 1.58. The molecule has 144 valence electrons. The minimum Gasteiger partial charge on any atom is -0.297 e. The van der Waals surface area contributed by atoms with Crippen LogP contribution in [0.3, 0.4) is 0 Å². The van der Waals surface area contributed by atoms with E-state index in [1.807, 2.05) is 36.4 Å². The van der Waals surface area contributed by atoms with E-state index in [-0.39, 0.29) is 5.71 Å². The van der Waals surface area contributed by atoms with Crippen LogP contribution in [-0.4, -0.2) is 17.7 Å². The highest BCUT2D eigenvalue weighted by Crippen LogP contribution is 2.35. The minimum atomic E-state index is -0.876. The van der Waals surface area contributed by atoms with Gasteiger partial charge in [0.1, 0.15) is 0 Å². The van der Waals surface area contributed by atoms with E-state index >= 15 is 0 Å². The highest BCUT2D eigenvalue weighted by atomic mass is 35.5. The molecule has 6 nitrogen and oxygen atoms in total. The summed E-state index contributed by atoms with van der Waals surface area (Å²) in [7, 11) is 0. The van der Waals surface area contributed by atoms with Crippen molar-refractivity contribution in [3.63, 3.8) is 0 Å². The van der Waals surface area contributed by atoms with E-state index in [1.54, 1.807) is 18.2 Å². The third-order valence-corrected chi connectivity index (χ3v) is 4.59. The van der Waals surface area contributed by atoms with Crippen LogP contribution in [-0.2, 0) is 9.63 Å². The van der Waals surface area contributed by atoms with Crippen molar-refractivity contribution < 1.29 is 14.4 Å². The number of halogens is 2. The fourth-order valence-corrected chi connectivity index (χ4v) is 3.50. The van der Waals surface area contributed by atoms with Crippen LogP contribution in [0.4, 0.5) is 21.9 Å². The molecule has 1 aliphatic heterocycles. The van der Waals surface area contributed by atoms with Crippen molar-refractivity contribution in [1.29, 1.82) is 0 Å². The number of fused-ring (bicyclic) bond motifs is 1. The first-order valence-electron chi connectivity index (χ1n) is 8.54. The van der Waals surface area contributed by atoms with Crippen LogP contribution >= 0.6 is 23.2 Å². The molecule has 0 saturated carbocycles. The summed E-state index contributed by atoms with van der Waals surface area (Å²) < 4.78 is 0. The molecule has 0 saturated heterocycles. The number of rotatable bonds is 3. The number of anilines is 3. The van der Waals surface area contributed by atoms with Gasteiger partial charge in [-0.3, -0.25) is 19.8 Å². The Labute approximate surface area is 176 Å². The van der Waals surface area contributed by atoms with Crippen LogP contribution in [0.2, 0.25) is 10.0 Å². The first kappa shape index (κ1) is 19.0. The Morgan fingerprint density at radius 3 is 2.31 bits per heavy atom. The Kier molecular flexibility index (Phi) is 5.20. The van der Waals surface area contributed by atoms with Gasteiger partial charge in [0.25, 0.3) is 5.91 Å². The number of amides is 2. The molecule has 29 heavy (non-hydrogen) atoms. The third-order valence-electron chi connectivity index (χ3n) is 4.15. The lowest BCUT2D eigenvalue weighted by Gasteiger charge is -2.16. The van der Waals surface area contributed by atoms with Crippen molar-refractivity contribution in [2.75, 3.05) is 10.2 Å². The van der Waals surface area contributed by atoms with Crippen LogP contribution in [0.5, 0.6) is 0 Å². The SMILES string of the molecule is O=C(Nc1cc(Cl)cc(Cl)c1)O/N=C1\C(=O)N(c2ccccc2)c2ccccc21. The third kappa shape index (κ3) is 3.94. The topological polar surface area (TPSA) is 71.0 Å². The largest absolute Gasteiger partial charge is 0.437 e. The van der Waals surface area contributed by atoms with Crippen molar-refractivity contribution in [3.05, 3.63) is 88.4 Å². The summed E-state index contributed by atoms with van der Waals surface area (Å²) in [6.07, 6.45) is -0.876. The molecule has 3 aromatic carbocycles. The average molecular weight is 426 g/mol. The molecule has 1 aliphatic rings. The van der Waals surface area contributed by atoms with E-state index < -0.39 is 12.0 Å². The van der Waals surface area contributed by atoms with E-state index in [1.165, 1.54) is 23.1 Å². The second-order valence-electron chi connectivity index (χ2n) is 6.10. The Hall–Kier alpha value is -3.35. The van der Waals surface area contributed by atoms with E-state index in [0.717, 1.165) is 0 Å². The Morgan fingerprint density at radius 1 is 0.931 bits per heavy atom. The van der Waals surface area contributed by atoms with Crippen molar-refractivity contribution >= 4 is 58.0 Å². The molecule has 0 bridgehead atoms. The number of oxime groups is 1. The van der Waals surface area contributed by atoms with Gasteiger partial charge in [-0.1, -0.05) is 64.8 Å². The second-order valence-corrected chi connectivity index (χ2v) is 6.97. The smallest absolute Gasteiger partial charge is 0.297 e. The molecule has 2 amide bonds. The van der Waals surface area contributed by atoms with Crippen LogP contribution in [0.15, 0.2) is 78.0 Å². The molecule has 3 aromatic rings. The lowest BCUT2D eigenvalue weighted by atomic mass is 10.1. The molecule has 0 aliphatic carbocycles. The first-order chi connectivity index (χ1) is 14.0. The van der Waals surface area contributed by atoms with Gasteiger partial charge in [-0.25, -0.2) is 4.79 Å². The predicted octanol–water partition coefficient (Wildman–Crippen LogP) is 5.62. The molecular formula is C21H13Cl2N3O3. The molecule has 1 heterocycles. The van der Waals surface area contributed by atoms with E-state index in [9.17, 15) is 9.59 Å². The summed E-state index contributed by atoms with van der Waals surface area (Å²) in [5, 5.41) is 6.99. The van der Waals surface area contributed by atoms with Gasteiger partial charge in [0.2, 0.25) is 0 Å². The molecule has 0 atom stereocenters. The molecule has 1 N–H and O–H groups in total. The maximum Gasteiger partial charge on any atom is 0.437 e. The van der Waals surface area contributed by atoms with Gasteiger partial charge in [0, 0.05) is 27.0 Å². The fraction of sp³-hybridized carbons (Fsp3) is 0. The summed E-state index contributed by atoms with van der Waals surface area (Å²) >= 11 is 11.8. The fourth-order valence-electron chi connectivity index (χ4n) is 2.97. The van der Waals surface area contributed by atoms with Gasteiger partial charge < -0.3 is 0 Å². The first-order valence-corrected chi connectivity index (χ1v) is 9.29. The lowest BCUT2D eigenvalue weighted by Crippen LogP contribution is -2.26. The summed E-state index contributed by atoms with van der Waals surface area (Å²) in [4.78, 5) is 31.5. The number of nitrogens with one attached hydrogen (secondary N) is 1. The van der Waals surface area contributed by atoms with Gasteiger partial charge in [0.15, 0.2) is 5.71 Å². The van der Waals surface area contributed by atoms with Crippen molar-refractivity contribution in [1.82, 2.24) is 0 Å². The quantitative estimate of drug-likeness (QED) is 0.436. The molecule has 0 aromatic heterocycles. The van der Waals surface area contributed by atoms with Crippen molar-refractivity contribution in [2.24, 2.45) is 5.16 Å². The summed E-state index contributed by atoms with van der Waals surface area (Å²) in [5.41, 5.74) is 2.29. The number of carbonyl (C=O) groups excluding carboxylic acids is 2. The van der Waals surface area contributed by atoms with Gasteiger partial charge >= 0.3 is 6.09 Å². The van der Waals surface area contributed by atoms with Crippen molar-refractivity contribution in [3.8, 4) is 0 Å². The lowest BCUT2D eigenvalue weighted by molar-refractivity contribution is -0.111. The molecular weight excluding hydrogens is 413 g/mol. The monoisotopic (exact) mass is 425 g/mol. The molecule has 0 unspecified atom stereocenters. The van der Waals surface area contributed by atoms with Gasteiger partial charge in [-0.2, -0.15) is 0 Å². The summed E-state index contributed by atoms with van der Waals surface area (Å²) in [5.74, 6) is -0.393. The average Bonchev–Trinajstić information content (AvgIpc) is 2.97. The van der Waals surface area contributed by atoms with Gasteiger partial charge in [-0.15, -0.1) is 0 Å². The number of para-hydroxylation sites is 2. The number of hydrogen-bond donors (Lipinski definition) is 1. The van der Waals surface area contributed by atoms with Gasteiger partial charge in [-0.05, 0) is 36.4 Å². The second kappa shape index (κ2) is 7.95. The number of nitrogens with zero attached hydrogens (tertiary/aromatic N) is 2. The normalized spacial score (nSPS) is 14.1. The molecule has 4 rings (SSSR count). The minimum absolute atomic E-state index is 0.0312. The zero-order valence-electron chi connectivity index (χ0n) is 14.8. The van der Waals surface area contributed by atoms with Crippen LogP contribution < -0.4 is 10.2 Å². The maximum absolute atomic E-state index is 13.0. The van der Waals surface area contributed by atoms with Gasteiger partial charge in [0.05, 0.1) is 5.69 Å². The van der Waals surface area contributed by atoms with E-state index in [2.05, 4.69) is 10.5 Å².